The van der Waals surface area contributed by atoms with Crippen molar-refractivity contribution in [3.8, 4) is 0 Å². The molecule has 0 bridgehead atoms. The molecule has 104 valence electrons. The van der Waals surface area contributed by atoms with Crippen LogP contribution in [0.25, 0.3) is 0 Å². The van der Waals surface area contributed by atoms with Gasteiger partial charge in [-0.25, -0.2) is 0 Å². The number of amides is 1. The van der Waals surface area contributed by atoms with Crippen molar-refractivity contribution >= 4 is 5.91 Å². The quantitative estimate of drug-likeness (QED) is 0.803. The Morgan fingerprint density at radius 1 is 1.28 bits per heavy atom. The molecule has 18 heavy (non-hydrogen) atoms. The van der Waals surface area contributed by atoms with Crippen LogP contribution in [0.15, 0.2) is 0 Å². The number of nitrogens with zero attached hydrogens (tertiary/aromatic N) is 1. The zero-order valence-electron chi connectivity index (χ0n) is 11.5. The van der Waals surface area contributed by atoms with Crippen LogP contribution < -0.4 is 5.32 Å². The molecule has 0 spiro atoms. The predicted octanol–water partition coefficient (Wildman–Crippen LogP) is 1.26. The molecule has 2 fully saturated rings. The van der Waals surface area contributed by atoms with E-state index in [1.54, 1.807) is 0 Å². The van der Waals surface area contributed by atoms with Crippen LogP contribution in [0.5, 0.6) is 0 Å². The second-order valence-corrected chi connectivity index (χ2v) is 5.73. The number of carbonyl (C=O) groups is 1. The molecule has 1 amide bonds. The number of ether oxygens (including phenoxy) is 1. The van der Waals surface area contributed by atoms with Crippen LogP contribution in [0, 0.1) is 11.8 Å². The highest BCUT2D eigenvalue weighted by Gasteiger charge is 2.20. The Balaban J connectivity index is 1.63. The summed E-state index contributed by atoms with van der Waals surface area (Å²) in [4.78, 5) is 14.0. The molecule has 0 aliphatic carbocycles. The largest absolute Gasteiger partial charge is 0.381 e. The van der Waals surface area contributed by atoms with Crippen LogP contribution >= 0.6 is 0 Å². The van der Waals surface area contributed by atoms with E-state index in [1.807, 2.05) is 11.9 Å². The van der Waals surface area contributed by atoms with E-state index >= 15 is 0 Å². The second kappa shape index (κ2) is 7.10. The van der Waals surface area contributed by atoms with Crippen LogP contribution in [-0.4, -0.2) is 50.7 Å². The highest BCUT2D eigenvalue weighted by Crippen LogP contribution is 2.18. The van der Waals surface area contributed by atoms with Crippen molar-refractivity contribution in [3.63, 3.8) is 0 Å². The van der Waals surface area contributed by atoms with Gasteiger partial charge in [-0.1, -0.05) is 0 Å². The van der Waals surface area contributed by atoms with Crippen LogP contribution in [0.4, 0.5) is 0 Å². The molecule has 0 aromatic carbocycles. The zero-order valence-corrected chi connectivity index (χ0v) is 11.5. The summed E-state index contributed by atoms with van der Waals surface area (Å²) in [6, 6.07) is 0. The third kappa shape index (κ3) is 4.25. The molecule has 0 aromatic rings. The molecule has 0 aromatic heterocycles. The Bertz CT molecular complexity index is 259. The number of hydrogen-bond donors (Lipinski definition) is 1. The van der Waals surface area contributed by atoms with E-state index in [1.165, 1.54) is 6.42 Å². The van der Waals surface area contributed by atoms with Gasteiger partial charge in [-0.15, -0.1) is 0 Å². The molecular weight excluding hydrogens is 228 g/mol. The summed E-state index contributed by atoms with van der Waals surface area (Å²) in [7, 11) is 1.95. The minimum absolute atomic E-state index is 0.313. The number of nitrogens with one attached hydrogen (secondary N) is 1. The third-order valence-electron chi connectivity index (χ3n) is 4.23. The van der Waals surface area contributed by atoms with Crippen molar-refractivity contribution in [2.24, 2.45) is 11.8 Å². The van der Waals surface area contributed by atoms with Gasteiger partial charge in [-0.2, -0.15) is 0 Å². The minimum atomic E-state index is 0.313. The minimum Gasteiger partial charge on any atom is -0.381 e. The van der Waals surface area contributed by atoms with Gasteiger partial charge in [-0.3, -0.25) is 4.79 Å². The van der Waals surface area contributed by atoms with Crippen LogP contribution in [-0.2, 0) is 9.53 Å². The fraction of sp³-hybridized carbons (Fsp3) is 0.929. The molecule has 0 saturated carbocycles. The highest BCUT2D eigenvalue weighted by molar-refractivity contribution is 5.75. The summed E-state index contributed by atoms with van der Waals surface area (Å²) in [5.41, 5.74) is 0. The monoisotopic (exact) mass is 254 g/mol. The number of hydrogen-bond acceptors (Lipinski definition) is 3. The summed E-state index contributed by atoms with van der Waals surface area (Å²) >= 11 is 0. The summed E-state index contributed by atoms with van der Waals surface area (Å²) in [5.74, 6) is 1.67. The fourth-order valence-electron chi connectivity index (χ4n) is 2.90. The SMILES string of the molecule is CN(CC1CCOCC1)C(=O)CCC1CCNC1. The Morgan fingerprint density at radius 3 is 2.72 bits per heavy atom. The summed E-state index contributed by atoms with van der Waals surface area (Å²) in [5, 5.41) is 3.35. The summed E-state index contributed by atoms with van der Waals surface area (Å²) in [6.07, 6.45) is 5.20. The van der Waals surface area contributed by atoms with Crippen molar-refractivity contribution in [2.75, 3.05) is 39.9 Å². The zero-order chi connectivity index (χ0) is 12.8. The maximum atomic E-state index is 12.0. The van der Waals surface area contributed by atoms with Crippen molar-refractivity contribution in [1.82, 2.24) is 10.2 Å². The average molecular weight is 254 g/mol. The summed E-state index contributed by atoms with van der Waals surface area (Å²) in [6.45, 7) is 4.85. The van der Waals surface area contributed by atoms with E-state index < -0.39 is 0 Å². The summed E-state index contributed by atoms with van der Waals surface area (Å²) < 4.78 is 5.35. The standard InChI is InChI=1S/C14H26N2O2/c1-16(11-13-5-8-18-9-6-13)14(17)3-2-12-4-7-15-10-12/h12-13,15H,2-11H2,1H3. The predicted molar refractivity (Wildman–Crippen MR) is 71.4 cm³/mol. The van der Waals surface area contributed by atoms with Gasteiger partial charge in [0, 0.05) is 33.2 Å². The van der Waals surface area contributed by atoms with Gasteiger partial charge >= 0.3 is 0 Å². The van der Waals surface area contributed by atoms with E-state index in [4.69, 9.17) is 4.74 Å². The van der Waals surface area contributed by atoms with Crippen LogP contribution in [0.1, 0.15) is 32.1 Å². The lowest BCUT2D eigenvalue weighted by Gasteiger charge is -2.27. The molecule has 2 heterocycles. The van der Waals surface area contributed by atoms with E-state index in [2.05, 4.69) is 5.32 Å². The van der Waals surface area contributed by atoms with E-state index in [0.29, 0.717) is 24.2 Å². The normalized spacial score (nSPS) is 25.3. The van der Waals surface area contributed by atoms with E-state index in [0.717, 1.165) is 52.1 Å². The second-order valence-electron chi connectivity index (χ2n) is 5.73. The van der Waals surface area contributed by atoms with Crippen LogP contribution in [0.3, 0.4) is 0 Å². The van der Waals surface area contributed by atoms with Gasteiger partial charge in [0.25, 0.3) is 0 Å². The van der Waals surface area contributed by atoms with Gasteiger partial charge in [0.1, 0.15) is 0 Å². The topological polar surface area (TPSA) is 41.6 Å². The van der Waals surface area contributed by atoms with Gasteiger partial charge in [0.2, 0.25) is 5.91 Å². The first-order chi connectivity index (χ1) is 8.75. The lowest BCUT2D eigenvalue weighted by Crippen LogP contribution is -2.34. The molecule has 2 aliphatic heterocycles. The molecule has 1 unspecified atom stereocenters. The average Bonchev–Trinajstić information content (AvgIpc) is 2.90. The number of rotatable bonds is 5. The van der Waals surface area contributed by atoms with Crippen molar-refractivity contribution in [3.05, 3.63) is 0 Å². The molecule has 2 saturated heterocycles. The van der Waals surface area contributed by atoms with Crippen LogP contribution in [0.2, 0.25) is 0 Å². The van der Waals surface area contributed by atoms with E-state index in [9.17, 15) is 4.79 Å². The Hall–Kier alpha value is -0.610. The van der Waals surface area contributed by atoms with Crippen molar-refractivity contribution in [2.45, 2.75) is 32.1 Å². The Labute approximate surface area is 110 Å². The van der Waals surface area contributed by atoms with Crippen molar-refractivity contribution in [1.29, 1.82) is 0 Å². The molecule has 0 radical (unpaired) electrons. The maximum absolute atomic E-state index is 12.0. The molecule has 2 rings (SSSR count). The maximum Gasteiger partial charge on any atom is 0.222 e. The Morgan fingerprint density at radius 2 is 2.06 bits per heavy atom. The highest BCUT2D eigenvalue weighted by atomic mass is 16.5. The lowest BCUT2D eigenvalue weighted by molar-refractivity contribution is -0.131. The first-order valence-electron chi connectivity index (χ1n) is 7.28. The fourth-order valence-corrected chi connectivity index (χ4v) is 2.90. The molecule has 1 atom stereocenters. The molecule has 2 aliphatic rings. The van der Waals surface area contributed by atoms with E-state index in [-0.39, 0.29) is 0 Å². The van der Waals surface area contributed by atoms with Gasteiger partial charge in [0.05, 0.1) is 0 Å². The van der Waals surface area contributed by atoms with Gasteiger partial charge < -0.3 is 15.0 Å². The number of carbonyl (C=O) groups excluding carboxylic acids is 1. The first-order valence-corrected chi connectivity index (χ1v) is 7.28. The van der Waals surface area contributed by atoms with Gasteiger partial charge in [0.15, 0.2) is 0 Å². The lowest BCUT2D eigenvalue weighted by atomic mass is 9.99. The first kappa shape index (κ1) is 13.8. The van der Waals surface area contributed by atoms with Gasteiger partial charge in [-0.05, 0) is 50.6 Å². The van der Waals surface area contributed by atoms with Crippen molar-refractivity contribution < 1.29 is 9.53 Å². The molecular formula is C14H26N2O2. The third-order valence-corrected chi connectivity index (χ3v) is 4.23. The molecule has 4 nitrogen and oxygen atoms in total. The molecule has 1 N–H and O–H groups in total. The molecule has 4 heteroatoms. The smallest absolute Gasteiger partial charge is 0.222 e. The Kier molecular flexibility index (Phi) is 5.45.